The Morgan fingerprint density at radius 1 is 1.29 bits per heavy atom. The van der Waals surface area contributed by atoms with Gasteiger partial charge in [0, 0.05) is 12.6 Å². The summed E-state index contributed by atoms with van der Waals surface area (Å²) in [6.07, 6.45) is 0. The van der Waals surface area contributed by atoms with Crippen LogP contribution >= 0.6 is 0 Å². The summed E-state index contributed by atoms with van der Waals surface area (Å²) < 4.78 is 10.6. The van der Waals surface area contributed by atoms with Gasteiger partial charge in [-0.25, -0.2) is 0 Å². The van der Waals surface area contributed by atoms with E-state index >= 15 is 0 Å². The molecule has 1 aliphatic heterocycles. The largest absolute Gasteiger partial charge is 0.454 e. The molecule has 0 spiro atoms. The second-order valence-corrected chi connectivity index (χ2v) is 4.60. The number of ether oxygens (including phenoxy) is 2. The van der Waals surface area contributed by atoms with Crippen molar-refractivity contribution in [2.45, 2.75) is 26.4 Å². The molecule has 2 rings (SSSR count). The second-order valence-electron chi connectivity index (χ2n) is 4.60. The van der Waals surface area contributed by atoms with E-state index in [1.165, 1.54) is 0 Å². The zero-order valence-corrected chi connectivity index (χ0v) is 10.3. The van der Waals surface area contributed by atoms with Gasteiger partial charge in [-0.15, -0.1) is 0 Å². The standard InChI is InChI=1S/C13H19NO3/c1-9(2)11(7-15)14-6-10-3-4-12-13(5-10)17-8-16-12/h3-5,9,11,14-15H,6-8H2,1-2H3/t11-/m1/s1. The SMILES string of the molecule is CC(C)[C@@H](CO)NCc1ccc2c(c1)OCO2. The third-order valence-corrected chi connectivity index (χ3v) is 3.01. The van der Waals surface area contributed by atoms with Crippen LogP contribution in [0.15, 0.2) is 18.2 Å². The molecular weight excluding hydrogens is 218 g/mol. The van der Waals surface area contributed by atoms with Crippen LogP contribution in [-0.2, 0) is 6.54 Å². The summed E-state index contributed by atoms with van der Waals surface area (Å²) in [6.45, 7) is 5.36. The van der Waals surface area contributed by atoms with Crippen LogP contribution in [0.25, 0.3) is 0 Å². The van der Waals surface area contributed by atoms with Crippen molar-refractivity contribution in [3.05, 3.63) is 23.8 Å². The van der Waals surface area contributed by atoms with Gasteiger partial charge in [0.2, 0.25) is 6.79 Å². The average molecular weight is 237 g/mol. The zero-order chi connectivity index (χ0) is 12.3. The third kappa shape index (κ3) is 2.90. The molecule has 4 heteroatoms. The van der Waals surface area contributed by atoms with Crippen molar-refractivity contribution in [3.63, 3.8) is 0 Å². The number of hydrogen-bond donors (Lipinski definition) is 2. The van der Waals surface area contributed by atoms with E-state index in [1.54, 1.807) is 0 Å². The third-order valence-electron chi connectivity index (χ3n) is 3.01. The Morgan fingerprint density at radius 2 is 2.06 bits per heavy atom. The minimum atomic E-state index is 0.125. The fourth-order valence-electron chi connectivity index (χ4n) is 1.81. The molecule has 0 fully saturated rings. The Kier molecular flexibility index (Phi) is 3.86. The molecular formula is C13H19NO3. The topological polar surface area (TPSA) is 50.7 Å². The van der Waals surface area contributed by atoms with Gasteiger partial charge < -0.3 is 19.9 Å². The first-order chi connectivity index (χ1) is 8.20. The lowest BCUT2D eigenvalue weighted by Crippen LogP contribution is -2.36. The molecule has 1 atom stereocenters. The van der Waals surface area contributed by atoms with Crippen LogP contribution < -0.4 is 14.8 Å². The van der Waals surface area contributed by atoms with Crippen molar-refractivity contribution in [1.82, 2.24) is 5.32 Å². The van der Waals surface area contributed by atoms with Crippen molar-refractivity contribution < 1.29 is 14.6 Å². The Labute approximate surface area is 102 Å². The summed E-state index contributed by atoms with van der Waals surface area (Å²) in [6, 6.07) is 6.03. The molecule has 0 unspecified atom stereocenters. The summed E-state index contributed by atoms with van der Waals surface area (Å²) in [5, 5.41) is 12.6. The lowest BCUT2D eigenvalue weighted by Gasteiger charge is -2.19. The van der Waals surface area contributed by atoms with Crippen molar-refractivity contribution in [1.29, 1.82) is 0 Å². The zero-order valence-electron chi connectivity index (χ0n) is 10.3. The molecule has 1 aromatic rings. The highest BCUT2D eigenvalue weighted by molar-refractivity contribution is 5.44. The minimum Gasteiger partial charge on any atom is -0.454 e. The van der Waals surface area contributed by atoms with Gasteiger partial charge in [-0.3, -0.25) is 0 Å². The van der Waals surface area contributed by atoms with Crippen molar-refractivity contribution in [2.75, 3.05) is 13.4 Å². The number of benzene rings is 1. The van der Waals surface area contributed by atoms with E-state index < -0.39 is 0 Å². The number of aliphatic hydroxyl groups excluding tert-OH is 1. The van der Waals surface area contributed by atoms with E-state index in [9.17, 15) is 5.11 Å². The van der Waals surface area contributed by atoms with Crippen molar-refractivity contribution in [2.24, 2.45) is 5.92 Å². The predicted octanol–water partition coefficient (Wildman–Crippen LogP) is 1.52. The molecule has 17 heavy (non-hydrogen) atoms. The molecule has 1 heterocycles. The van der Waals surface area contributed by atoms with Crippen LogP contribution in [-0.4, -0.2) is 24.5 Å². The fourth-order valence-corrected chi connectivity index (χ4v) is 1.81. The summed E-state index contributed by atoms with van der Waals surface area (Å²) >= 11 is 0. The first-order valence-corrected chi connectivity index (χ1v) is 5.93. The van der Waals surface area contributed by atoms with Gasteiger partial charge in [0.05, 0.1) is 6.61 Å². The van der Waals surface area contributed by atoms with Crippen molar-refractivity contribution in [3.8, 4) is 11.5 Å². The molecule has 0 aromatic heterocycles. The smallest absolute Gasteiger partial charge is 0.231 e. The maximum Gasteiger partial charge on any atom is 0.231 e. The van der Waals surface area contributed by atoms with Crippen LogP contribution in [0.4, 0.5) is 0 Å². The molecule has 4 nitrogen and oxygen atoms in total. The number of hydrogen-bond acceptors (Lipinski definition) is 4. The maximum absolute atomic E-state index is 9.22. The van der Waals surface area contributed by atoms with Crippen LogP contribution in [0, 0.1) is 5.92 Å². The summed E-state index contributed by atoms with van der Waals surface area (Å²) in [7, 11) is 0. The van der Waals surface area contributed by atoms with Crippen LogP contribution in [0.2, 0.25) is 0 Å². The predicted molar refractivity (Wildman–Crippen MR) is 65.1 cm³/mol. The fraction of sp³-hybridized carbons (Fsp3) is 0.538. The molecule has 94 valence electrons. The Morgan fingerprint density at radius 3 is 2.76 bits per heavy atom. The van der Waals surface area contributed by atoms with Gasteiger partial charge in [-0.1, -0.05) is 19.9 Å². The minimum absolute atomic E-state index is 0.125. The highest BCUT2D eigenvalue weighted by Crippen LogP contribution is 2.32. The lowest BCUT2D eigenvalue weighted by molar-refractivity contribution is 0.174. The van der Waals surface area contributed by atoms with E-state index in [0.29, 0.717) is 12.7 Å². The number of nitrogens with one attached hydrogen (secondary N) is 1. The molecule has 0 saturated heterocycles. The molecule has 1 aliphatic rings. The van der Waals surface area contributed by atoms with Gasteiger partial charge in [-0.05, 0) is 23.6 Å². The van der Waals surface area contributed by atoms with E-state index in [0.717, 1.165) is 23.6 Å². The maximum atomic E-state index is 9.22. The monoisotopic (exact) mass is 237 g/mol. The van der Waals surface area contributed by atoms with Crippen molar-refractivity contribution >= 4 is 0 Å². The normalized spacial score (nSPS) is 15.3. The first kappa shape index (κ1) is 12.2. The molecule has 1 aromatic carbocycles. The quantitative estimate of drug-likeness (QED) is 0.815. The molecule has 0 amide bonds. The van der Waals surface area contributed by atoms with Gasteiger partial charge in [0.25, 0.3) is 0 Å². The molecule has 0 aliphatic carbocycles. The Bertz CT molecular complexity index is 379. The van der Waals surface area contributed by atoms with Gasteiger partial charge in [0.1, 0.15) is 0 Å². The van der Waals surface area contributed by atoms with Gasteiger partial charge in [-0.2, -0.15) is 0 Å². The Balaban J connectivity index is 1.95. The second kappa shape index (κ2) is 5.38. The number of fused-ring (bicyclic) bond motifs is 1. The van der Waals surface area contributed by atoms with Crippen LogP contribution in [0.1, 0.15) is 19.4 Å². The highest BCUT2D eigenvalue weighted by atomic mass is 16.7. The molecule has 0 saturated carbocycles. The number of rotatable bonds is 5. The van der Waals surface area contributed by atoms with E-state index in [2.05, 4.69) is 19.2 Å². The van der Waals surface area contributed by atoms with Crippen LogP contribution in [0.3, 0.4) is 0 Å². The first-order valence-electron chi connectivity index (χ1n) is 5.93. The van der Waals surface area contributed by atoms with Gasteiger partial charge in [0.15, 0.2) is 11.5 Å². The molecule has 0 radical (unpaired) electrons. The van der Waals surface area contributed by atoms with E-state index in [1.807, 2.05) is 18.2 Å². The molecule has 0 bridgehead atoms. The van der Waals surface area contributed by atoms with E-state index in [4.69, 9.17) is 9.47 Å². The lowest BCUT2D eigenvalue weighted by atomic mass is 10.1. The average Bonchev–Trinajstić information content (AvgIpc) is 2.76. The van der Waals surface area contributed by atoms with Gasteiger partial charge >= 0.3 is 0 Å². The Hall–Kier alpha value is -1.26. The summed E-state index contributed by atoms with van der Waals surface area (Å²) in [5.74, 6) is 2.01. The van der Waals surface area contributed by atoms with E-state index in [-0.39, 0.29) is 12.6 Å². The van der Waals surface area contributed by atoms with Crippen LogP contribution in [0.5, 0.6) is 11.5 Å². The number of aliphatic hydroxyl groups is 1. The molecule has 2 N–H and O–H groups in total. The summed E-state index contributed by atoms with van der Waals surface area (Å²) in [5.41, 5.74) is 1.13. The summed E-state index contributed by atoms with van der Waals surface area (Å²) in [4.78, 5) is 0. The highest BCUT2D eigenvalue weighted by Gasteiger charge is 2.14.